The molecule has 1 heterocycles. The molecule has 4 nitrogen and oxygen atoms in total. The summed E-state index contributed by atoms with van der Waals surface area (Å²) in [6, 6.07) is 7.73. The molecular formula is C14H17N3OS. The summed E-state index contributed by atoms with van der Waals surface area (Å²) in [7, 11) is 3.50. The quantitative estimate of drug-likeness (QED) is 0.933. The summed E-state index contributed by atoms with van der Waals surface area (Å²) in [5.74, 6) is 0.00842. The van der Waals surface area contributed by atoms with Gasteiger partial charge in [0, 0.05) is 36.4 Å². The number of amides is 1. The van der Waals surface area contributed by atoms with Crippen LogP contribution in [0.15, 0.2) is 36.0 Å². The van der Waals surface area contributed by atoms with Gasteiger partial charge < -0.3 is 10.2 Å². The highest BCUT2D eigenvalue weighted by atomic mass is 32.1. The number of thiazole rings is 1. The molecule has 2 rings (SSSR count). The van der Waals surface area contributed by atoms with Crippen molar-refractivity contribution >= 4 is 22.9 Å². The second kappa shape index (κ2) is 5.84. The molecule has 1 amide bonds. The normalized spacial score (nSPS) is 11.9. The van der Waals surface area contributed by atoms with E-state index in [0.29, 0.717) is 5.56 Å². The minimum atomic E-state index is 0.00842. The molecule has 100 valence electrons. The lowest BCUT2D eigenvalue weighted by Gasteiger charge is -2.15. The number of nitrogens with zero attached hydrogens (tertiary/aromatic N) is 2. The number of aromatic nitrogens is 1. The second-order valence-electron chi connectivity index (χ2n) is 4.55. The molecule has 1 N–H and O–H groups in total. The highest BCUT2D eigenvalue weighted by Crippen LogP contribution is 2.22. The predicted octanol–water partition coefficient (Wildman–Crippen LogP) is 3.02. The summed E-state index contributed by atoms with van der Waals surface area (Å²) in [6.07, 6.45) is 1.86. The van der Waals surface area contributed by atoms with Crippen molar-refractivity contribution in [2.75, 3.05) is 19.4 Å². The van der Waals surface area contributed by atoms with Crippen molar-refractivity contribution in [2.45, 2.75) is 13.0 Å². The van der Waals surface area contributed by atoms with Gasteiger partial charge in [-0.3, -0.25) is 9.78 Å². The van der Waals surface area contributed by atoms with Crippen LogP contribution >= 0.6 is 11.3 Å². The smallest absolute Gasteiger partial charge is 0.253 e. The molecule has 2 aromatic rings. The van der Waals surface area contributed by atoms with Gasteiger partial charge >= 0.3 is 0 Å². The zero-order valence-corrected chi connectivity index (χ0v) is 12.1. The number of benzene rings is 1. The maximum Gasteiger partial charge on any atom is 0.253 e. The first-order valence-electron chi connectivity index (χ1n) is 6.04. The lowest BCUT2D eigenvalue weighted by molar-refractivity contribution is 0.0827. The van der Waals surface area contributed by atoms with E-state index < -0.39 is 0 Å². The van der Waals surface area contributed by atoms with Gasteiger partial charge in [0.2, 0.25) is 0 Å². The third kappa shape index (κ3) is 3.32. The first kappa shape index (κ1) is 13.5. The van der Waals surface area contributed by atoms with Crippen LogP contribution in [0.4, 0.5) is 5.69 Å². The van der Waals surface area contributed by atoms with Gasteiger partial charge in [-0.1, -0.05) is 6.07 Å². The average Bonchev–Trinajstić information content (AvgIpc) is 2.92. The fourth-order valence-electron chi connectivity index (χ4n) is 1.76. The van der Waals surface area contributed by atoms with Crippen LogP contribution in [0.3, 0.4) is 0 Å². The van der Waals surface area contributed by atoms with Crippen LogP contribution in [0.5, 0.6) is 0 Å². The van der Waals surface area contributed by atoms with Gasteiger partial charge in [-0.05, 0) is 25.1 Å². The maximum atomic E-state index is 11.9. The molecule has 0 saturated heterocycles. The van der Waals surface area contributed by atoms with E-state index in [-0.39, 0.29) is 11.9 Å². The summed E-state index contributed by atoms with van der Waals surface area (Å²) in [4.78, 5) is 18.7. The van der Waals surface area contributed by atoms with Crippen molar-refractivity contribution in [1.82, 2.24) is 9.88 Å². The molecule has 0 spiro atoms. The molecule has 1 unspecified atom stereocenters. The van der Waals surface area contributed by atoms with Gasteiger partial charge in [0.25, 0.3) is 5.91 Å². The molecular weight excluding hydrogens is 258 g/mol. The Morgan fingerprint density at radius 1 is 1.42 bits per heavy atom. The summed E-state index contributed by atoms with van der Waals surface area (Å²) in [6.45, 7) is 2.08. The molecule has 0 fully saturated rings. The first-order valence-corrected chi connectivity index (χ1v) is 6.92. The van der Waals surface area contributed by atoms with Gasteiger partial charge in [-0.15, -0.1) is 11.3 Å². The van der Waals surface area contributed by atoms with Crippen molar-refractivity contribution in [3.05, 3.63) is 46.4 Å². The topological polar surface area (TPSA) is 45.2 Å². The highest BCUT2D eigenvalue weighted by Gasteiger charge is 2.10. The Labute approximate surface area is 117 Å². The van der Waals surface area contributed by atoms with Crippen LogP contribution in [0, 0.1) is 0 Å². The molecule has 1 atom stereocenters. The van der Waals surface area contributed by atoms with Gasteiger partial charge in [0.15, 0.2) is 0 Å². The van der Waals surface area contributed by atoms with Gasteiger partial charge in [0.1, 0.15) is 0 Å². The van der Waals surface area contributed by atoms with Crippen molar-refractivity contribution in [3.63, 3.8) is 0 Å². The average molecular weight is 275 g/mol. The SMILES string of the molecule is CC(Nc1cccc(C(=O)N(C)C)c1)c1cncs1. The van der Waals surface area contributed by atoms with Crippen molar-refractivity contribution in [3.8, 4) is 0 Å². The number of carbonyl (C=O) groups is 1. The Bertz CT molecular complexity index is 552. The van der Waals surface area contributed by atoms with Gasteiger partial charge in [-0.2, -0.15) is 0 Å². The van der Waals surface area contributed by atoms with E-state index in [0.717, 1.165) is 5.69 Å². The number of anilines is 1. The fraction of sp³-hybridized carbons (Fsp3) is 0.286. The lowest BCUT2D eigenvalue weighted by Crippen LogP contribution is -2.21. The standard InChI is InChI=1S/C14H17N3OS/c1-10(13-8-15-9-19-13)16-12-6-4-5-11(7-12)14(18)17(2)3/h4-10,16H,1-3H3. The van der Waals surface area contributed by atoms with E-state index in [1.807, 2.05) is 36.0 Å². The molecule has 0 aliphatic carbocycles. The van der Waals surface area contributed by atoms with Crippen LogP contribution in [0.25, 0.3) is 0 Å². The Hall–Kier alpha value is -1.88. The Kier molecular flexibility index (Phi) is 4.16. The number of carbonyl (C=O) groups excluding carboxylic acids is 1. The van der Waals surface area contributed by atoms with Crippen molar-refractivity contribution in [1.29, 1.82) is 0 Å². The minimum Gasteiger partial charge on any atom is -0.378 e. The number of hydrogen-bond donors (Lipinski definition) is 1. The molecule has 0 saturated carbocycles. The summed E-state index contributed by atoms with van der Waals surface area (Å²) in [5.41, 5.74) is 3.44. The van der Waals surface area contributed by atoms with Crippen LogP contribution in [-0.4, -0.2) is 29.9 Å². The number of nitrogens with one attached hydrogen (secondary N) is 1. The molecule has 0 radical (unpaired) electrons. The van der Waals surface area contributed by atoms with Crippen molar-refractivity contribution < 1.29 is 4.79 Å². The van der Waals surface area contributed by atoms with Gasteiger partial charge in [0.05, 0.1) is 11.6 Å². The van der Waals surface area contributed by atoms with Crippen LogP contribution < -0.4 is 5.32 Å². The molecule has 0 aliphatic rings. The molecule has 0 bridgehead atoms. The highest BCUT2D eigenvalue weighted by molar-refractivity contribution is 7.09. The van der Waals surface area contributed by atoms with E-state index >= 15 is 0 Å². The van der Waals surface area contributed by atoms with Crippen LogP contribution in [-0.2, 0) is 0 Å². The van der Waals surface area contributed by atoms with Crippen molar-refractivity contribution in [2.24, 2.45) is 0 Å². The third-order valence-corrected chi connectivity index (χ3v) is 3.74. The minimum absolute atomic E-state index is 0.00842. The van der Waals surface area contributed by atoms with E-state index in [2.05, 4.69) is 17.2 Å². The summed E-state index contributed by atoms with van der Waals surface area (Å²) < 4.78 is 0. The first-order chi connectivity index (χ1) is 9.08. The summed E-state index contributed by atoms with van der Waals surface area (Å²) in [5, 5.41) is 3.38. The van der Waals surface area contributed by atoms with E-state index in [9.17, 15) is 4.79 Å². The zero-order valence-electron chi connectivity index (χ0n) is 11.3. The summed E-state index contributed by atoms with van der Waals surface area (Å²) >= 11 is 1.62. The molecule has 0 aliphatic heterocycles. The lowest BCUT2D eigenvalue weighted by atomic mass is 10.1. The van der Waals surface area contributed by atoms with Crippen LogP contribution in [0.1, 0.15) is 28.2 Å². The fourth-order valence-corrected chi connectivity index (χ4v) is 2.39. The third-order valence-electron chi connectivity index (χ3n) is 2.78. The van der Waals surface area contributed by atoms with E-state index in [4.69, 9.17) is 0 Å². The molecule has 1 aromatic heterocycles. The Balaban J connectivity index is 2.13. The molecule has 19 heavy (non-hydrogen) atoms. The number of hydrogen-bond acceptors (Lipinski definition) is 4. The Morgan fingerprint density at radius 2 is 2.21 bits per heavy atom. The second-order valence-corrected chi connectivity index (χ2v) is 5.47. The predicted molar refractivity (Wildman–Crippen MR) is 78.6 cm³/mol. The zero-order chi connectivity index (χ0) is 13.8. The van der Waals surface area contributed by atoms with Crippen LogP contribution in [0.2, 0.25) is 0 Å². The Morgan fingerprint density at radius 3 is 2.84 bits per heavy atom. The molecule has 5 heteroatoms. The number of rotatable bonds is 4. The van der Waals surface area contributed by atoms with E-state index in [1.54, 1.807) is 30.3 Å². The van der Waals surface area contributed by atoms with Gasteiger partial charge in [-0.25, -0.2) is 0 Å². The van der Waals surface area contributed by atoms with E-state index in [1.165, 1.54) is 4.88 Å². The molecule has 1 aromatic carbocycles. The maximum absolute atomic E-state index is 11.9. The largest absolute Gasteiger partial charge is 0.378 e. The monoisotopic (exact) mass is 275 g/mol.